The molecule has 0 saturated carbocycles. The van der Waals surface area contributed by atoms with Crippen LogP contribution in [0.3, 0.4) is 0 Å². The number of carbonyl (C=O) groups is 2. The lowest BCUT2D eigenvalue weighted by Crippen LogP contribution is -2.43. The molecule has 0 heterocycles. The van der Waals surface area contributed by atoms with Gasteiger partial charge in [0.25, 0.3) is 0 Å². The summed E-state index contributed by atoms with van der Waals surface area (Å²) < 4.78 is 5.28. The Kier molecular flexibility index (Phi) is 17.0. The number of hydrogen-bond acceptors (Lipinski definition) is 5. The normalized spacial score (nSPS) is 11.0. The molecular weight excluding hydrogens is 332 g/mol. The van der Waals surface area contributed by atoms with Gasteiger partial charge in [-0.3, -0.25) is 9.59 Å². The third-order valence-corrected chi connectivity index (χ3v) is 3.54. The molecule has 0 aromatic heterocycles. The molecule has 6 nitrogen and oxygen atoms in total. The molecule has 4 N–H and O–H groups in total. The van der Waals surface area contributed by atoms with E-state index in [1.165, 1.54) is 0 Å². The number of nitrogens with two attached hydrogens (primary N) is 1. The van der Waals surface area contributed by atoms with Crippen molar-refractivity contribution in [2.24, 2.45) is 5.73 Å². The maximum atomic E-state index is 11.9. The molecule has 1 amide bonds. The summed E-state index contributed by atoms with van der Waals surface area (Å²) in [5.74, 6) is -0.315. The Morgan fingerprint density at radius 2 is 1.73 bits per heavy atom. The number of amides is 1. The zero-order chi connectivity index (χ0) is 17.6. The number of nitrogens with one attached hydrogen (secondary N) is 1. The zero-order valence-electron chi connectivity index (χ0n) is 14.1. The molecule has 1 rings (SSSR count). The molecule has 26 heavy (non-hydrogen) atoms. The fraction of sp³-hybridized carbons (Fsp3) is 0.600. The van der Waals surface area contributed by atoms with E-state index in [-0.39, 0.29) is 39.7 Å². The molecule has 1 aromatic carbocycles. The Balaban J connectivity index is 0. The molecule has 150 valence electrons. The number of benzene rings is 1. The van der Waals surface area contributed by atoms with Crippen LogP contribution < -0.4 is 11.1 Å². The number of unbranched alkanes of at least 4 members (excludes halogenated alkanes) is 1. The van der Waals surface area contributed by atoms with Crippen LogP contribution in [-0.2, 0) is 20.7 Å². The summed E-state index contributed by atoms with van der Waals surface area (Å²) in [7, 11) is 0. The lowest BCUT2D eigenvalue weighted by molar-refractivity contribution is -0.126. The number of Topliss-reactive ketones (excluding diaryl/α,β-unsaturated/α-hetero) is 1. The predicted octanol–water partition coefficient (Wildman–Crippen LogP) is 2.08. The summed E-state index contributed by atoms with van der Waals surface area (Å²) in [5, 5.41) is 11.2. The Morgan fingerprint density at radius 1 is 1.08 bits per heavy atom. The summed E-state index contributed by atoms with van der Waals surface area (Å²) in [4.78, 5) is 23.6. The highest BCUT2D eigenvalue weighted by atomic mass is 16.5. The number of ketones is 1. The summed E-state index contributed by atoms with van der Waals surface area (Å²) in [6.45, 7) is 1.28. The van der Waals surface area contributed by atoms with Gasteiger partial charge >= 0.3 is 0 Å². The Labute approximate surface area is 158 Å². The molecule has 0 aliphatic heterocycles. The van der Waals surface area contributed by atoms with Crippen molar-refractivity contribution in [3.8, 4) is 0 Å². The van der Waals surface area contributed by atoms with E-state index in [0.717, 1.165) is 18.4 Å². The number of aliphatic hydroxyl groups excluding tert-OH is 1. The molecule has 1 unspecified atom stereocenters. The van der Waals surface area contributed by atoms with Gasteiger partial charge in [0.2, 0.25) is 5.91 Å². The van der Waals surface area contributed by atoms with E-state index in [1.54, 1.807) is 0 Å². The maximum Gasteiger partial charge on any atom is 0.237 e. The van der Waals surface area contributed by atoms with Crippen LogP contribution >= 0.6 is 0 Å². The van der Waals surface area contributed by atoms with Crippen molar-refractivity contribution < 1.29 is 19.4 Å². The van der Waals surface area contributed by atoms with Crippen LogP contribution in [0.4, 0.5) is 0 Å². The highest BCUT2D eigenvalue weighted by Gasteiger charge is 2.14. The average Bonchev–Trinajstić information content (AvgIpc) is 2.59. The molecule has 6 heteroatoms. The van der Waals surface area contributed by atoms with Crippen molar-refractivity contribution in [3.05, 3.63) is 35.9 Å². The van der Waals surface area contributed by atoms with Crippen molar-refractivity contribution >= 4 is 11.7 Å². The van der Waals surface area contributed by atoms with E-state index in [4.69, 9.17) is 15.6 Å². The van der Waals surface area contributed by atoms with Gasteiger partial charge in [-0.25, -0.2) is 0 Å². The molecule has 0 aliphatic rings. The molecule has 0 aliphatic carbocycles. The molecule has 1 atom stereocenters. The first-order valence-corrected chi connectivity index (χ1v) is 8.41. The summed E-state index contributed by atoms with van der Waals surface area (Å²) in [6.07, 6.45) is 3.01. The Hall–Kier alpha value is -1.76. The van der Waals surface area contributed by atoms with E-state index in [9.17, 15) is 9.59 Å². The fourth-order valence-corrected chi connectivity index (χ4v) is 2.16. The molecule has 0 fully saturated rings. The van der Waals surface area contributed by atoms with E-state index in [2.05, 4.69) is 5.32 Å². The van der Waals surface area contributed by atoms with Crippen LogP contribution in [-0.4, -0.2) is 49.2 Å². The van der Waals surface area contributed by atoms with Gasteiger partial charge in [0, 0.05) is 26.2 Å². The number of hydrogen-bond donors (Lipinski definition) is 3. The van der Waals surface area contributed by atoms with Crippen molar-refractivity contribution in [1.82, 2.24) is 5.32 Å². The van der Waals surface area contributed by atoms with E-state index in [1.807, 2.05) is 30.3 Å². The van der Waals surface area contributed by atoms with E-state index >= 15 is 0 Å². The largest absolute Gasteiger partial charge is 0.396 e. The molecule has 0 radical (unpaired) electrons. The summed E-state index contributed by atoms with van der Waals surface area (Å²) in [6, 6.07) is 8.89. The molecule has 0 saturated heterocycles. The molecule has 1 aromatic rings. The van der Waals surface area contributed by atoms with Gasteiger partial charge in [-0.15, -0.1) is 0 Å². The number of rotatable bonds is 13. The molecular formula is C20H36N2O4. The standard InChI is InChI=1S/C18H28N2O4.2CH4/c19-17(13-15-7-2-1-3-8-15)18(23)20-14-16(22)9-4-5-11-24-12-6-10-21;;/h1-3,7-8,17,21H,4-6,9-14,19H2,(H,20,23);2*1H4. The van der Waals surface area contributed by atoms with Crippen molar-refractivity contribution in [2.45, 2.75) is 53.0 Å². The van der Waals surface area contributed by atoms with Crippen molar-refractivity contribution in [3.63, 3.8) is 0 Å². The minimum atomic E-state index is -0.653. The highest BCUT2D eigenvalue weighted by molar-refractivity contribution is 5.88. The maximum absolute atomic E-state index is 11.9. The van der Waals surface area contributed by atoms with Crippen LogP contribution in [0.2, 0.25) is 0 Å². The Bertz CT molecular complexity index is 480. The van der Waals surface area contributed by atoms with Gasteiger partial charge in [0.05, 0.1) is 12.6 Å². The van der Waals surface area contributed by atoms with Gasteiger partial charge in [-0.05, 0) is 31.2 Å². The van der Waals surface area contributed by atoms with Gasteiger partial charge in [-0.1, -0.05) is 45.2 Å². The third kappa shape index (κ3) is 12.6. The van der Waals surface area contributed by atoms with Gasteiger partial charge < -0.3 is 20.9 Å². The van der Waals surface area contributed by atoms with Crippen LogP contribution in [0.15, 0.2) is 30.3 Å². The SMILES string of the molecule is C.C.NC(Cc1ccccc1)C(=O)NCC(=O)CCCCOCCCO. The molecule has 0 spiro atoms. The topological polar surface area (TPSA) is 102 Å². The first-order chi connectivity index (χ1) is 11.6. The number of ether oxygens (including phenoxy) is 1. The minimum absolute atomic E-state index is 0. The van der Waals surface area contributed by atoms with Crippen LogP contribution in [0.25, 0.3) is 0 Å². The first-order valence-electron chi connectivity index (χ1n) is 8.41. The van der Waals surface area contributed by atoms with Crippen LogP contribution in [0.5, 0.6) is 0 Å². The van der Waals surface area contributed by atoms with Gasteiger partial charge in [-0.2, -0.15) is 0 Å². The lowest BCUT2D eigenvalue weighted by Gasteiger charge is -2.12. The predicted molar refractivity (Wildman–Crippen MR) is 106 cm³/mol. The second kappa shape index (κ2) is 16.7. The summed E-state index contributed by atoms with van der Waals surface area (Å²) >= 11 is 0. The van der Waals surface area contributed by atoms with Crippen molar-refractivity contribution in [2.75, 3.05) is 26.4 Å². The smallest absolute Gasteiger partial charge is 0.237 e. The van der Waals surface area contributed by atoms with Crippen LogP contribution in [0.1, 0.15) is 46.1 Å². The average molecular weight is 369 g/mol. The second-order valence-electron chi connectivity index (χ2n) is 5.70. The quantitative estimate of drug-likeness (QED) is 0.463. The highest BCUT2D eigenvalue weighted by Crippen LogP contribution is 2.02. The second-order valence-corrected chi connectivity index (χ2v) is 5.70. The third-order valence-electron chi connectivity index (χ3n) is 3.54. The van der Waals surface area contributed by atoms with Crippen molar-refractivity contribution in [1.29, 1.82) is 0 Å². The van der Waals surface area contributed by atoms with E-state index < -0.39 is 6.04 Å². The zero-order valence-corrected chi connectivity index (χ0v) is 14.1. The minimum Gasteiger partial charge on any atom is -0.396 e. The monoisotopic (exact) mass is 368 g/mol. The Morgan fingerprint density at radius 3 is 2.38 bits per heavy atom. The van der Waals surface area contributed by atoms with Gasteiger partial charge in [0.15, 0.2) is 5.78 Å². The fourth-order valence-electron chi connectivity index (χ4n) is 2.16. The first kappa shape index (κ1) is 26.5. The lowest BCUT2D eigenvalue weighted by atomic mass is 10.1. The number of carbonyl (C=O) groups excluding carboxylic acids is 2. The van der Waals surface area contributed by atoms with Crippen LogP contribution in [0, 0.1) is 0 Å². The number of aliphatic hydroxyl groups is 1. The summed E-state index contributed by atoms with van der Waals surface area (Å²) in [5.41, 5.74) is 6.85. The van der Waals surface area contributed by atoms with Gasteiger partial charge in [0.1, 0.15) is 0 Å². The molecule has 0 bridgehead atoms. The van der Waals surface area contributed by atoms with E-state index in [0.29, 0.717) is 32.5 Å².